The van der Waals surface area contributed by atoms with Gasteiger partial charge in [0, 0.05) is 0 Å². The van der Waals surface area contributed by atoms with Gasteiger partial charge in [-0.05, 0) is 31.5 Å². The molecule has 0 fully saturated rings. The Morgan fingerprint density at radius 1 is 1.32 bits per heavy atom. The van der Waals surface area contributed by atoms with Crippen molar-refractivity contribution in [3.05, 3.63) is 34.3 Å². The number of aromatic carboxylic acids is 1. The first-order chi connectivity index (χ1) is 9.01. The van der Waals surface area contributed by atoms with Gasteiger partial charge in [-0.2, -0.15) is 0 Å². The third kappa shape index (κ3) is 2.85. The molecule has 0 radical (unpaired) electrons. The van der Waals surface area contributed by atoms with Crippen LogP contribution in [0.15, 0.2) is 18.2 Å². The summed E-state index contributed by atoms with van der Waals surface area (Å²) < 4.78 is 10.8. The van der Waals surface area contributed by atoms with Gasteiger partial charge in [0.05, 0.1) is 12.8 Å². The number of carbonyl (C=O) groups is 1. The minimum atomic E-state index is -0.999. The van der Waals surface area contributed by atoms with Crippen molar-refractivity contribution in [2.45, 2.75) is 13.8 Å². The highest BCUT2D eigenvalue weighted by Crippen LogP contribution is 2.35. The van der Waals surface area contributed by atoms with E-state index in [1.165, 1.54) is 0 Å². The lowest BCUT2D eigenvalue weighted by Gasteiger charge is -2.08. The first-order valence-electron chi connectivity index (χ1n) is 5.54. The second kappa shape index (κ2) is 5.27. The van der Waals surface area contributed by atoms with Gasteiger partial charge in [0.25, 0.3) is 5.19 Å². The number of carboxylic acid groups (broad SMARTS) is 1. The fourth-order valence-electron chi connectivity index (χ4n) is 1.57. The number of benzene rings is 1. The van der Waals surface area contributed by atoms with Gasteiger partial charge >= 0.3 is 5.97 Å². The quantitative estimate of drug-likeness (QED) is 0.930. The number of aromatic nitrogens is 1. The van der Waals surface area contributed by atoms with Crippen molar-refractivity contribution in [1.82, 2.24) is 4.98 Å². The molecule has 0 saturated heterocycles. The standard InChI is InChI=1S/C13H13NO4S/c1-7-4-5-9(10(6-7)17-3)18-13-14-8(2)11(19-13)12(15)16/h4-6H,1-3H3,(H,15,16). The van der Waals surface area contributed by atoms with E-state index >= 15 is 0 Å². The maximum atomic E-state index is 10.9. The van der Waals surface area contributed by atoms with Crippen molar-refractivity contribution in [3.63, 3.8) is 0 Å². The highest BCUT2D eigenvalue weighted by Gasteiger charge is 2.16. The van der Waals surface area contributed by atoms with Crippen molar-refractivity contribution in [2.75, 3.05) is 7.11 Å². The Morgan fingerprint density at radius 2 is 2.05 bits per heavy atom. The number of ether oxygens (including phenoxy) is 2. The lowest BCUT2D eigenvalue weighted by Crippen LogP contribution is -1.94. The van der Waals surface area contributed by atoms with Crippen LogP contribution < -0.4 is 9.47 Å². The smallest absolute Gasteiger partial charge is 0.347 e. The summed E-state index contributed by atoms with van der Waals surface area (Å²) in [5, 5.41) is 9.26. The summed E-state index contributed by atoms with van der Waals surface area (Å²) >= 11 is 0.997. The van der Waals surface area contributed by atoms with Crippen LogP contribution in [0, 0.1) is 13.8 Å². The van der Waals surface area contributed by atoms with Crippen LogP contribution in [0.3, 0.4) is 0 Å². The van der Waals surface area contributed by atoms with E-state index in [1.54, 1.807) is 20.1 Å². The number of hydrogen-bond acceptors (Lipinski definition) is 5. The van der Waals surface area contributed by atoms with Crippen molar-refractivity contribution in [3.8, 4) is 16.7 Å². The molecule has 0 saturated carbocycles. The maximum Gasteiger partial charge on any atom is 0.347 e. The van der Waals surface area contributed by atoms with Gasteiger partial charge in [-0.1, -0.05) is 17.4 Å². The van der Waals surface area contributed by atoms with Crippen molar-refractivity contribution in [2.24, 2.45) is 0 Å². The molecular formula is C13H13NO4S. The molecule has 0 spiro atoms. The number of aryl methyl sites for hydroxylation is 2. The number of rotatable bonds is 4. The third-order valence-corrected chi connectivity index (χ3v) is 3.51. The lowest BCUT2D eigenvalue weighted by atomic mass is 10.2. The molecule has 0 atom stereocenters. The molecule has 0 amide bonds. The molecule has 2 rings (SSSR count). The first-order valence-corrected chi connectivity index (χ1v) is 6.36. The summed E-state index contributed by atoms with van der Waals surface area (Å²) in [5.74, 6) is 0.101. The Kier molecular flexibility index (Phi) is 3.71. The number of hydrogen-bond donors (Lipinski definition) is 1. The topological polar surface area (TPSA) is 68.7 Å². The zero-order valence-electron chi connectivity index (χ0n) is 10.8. The summed E-state index contributed by atoms with van der Waals surface area (Å²) in [6.07, 6.45) is 0. The predicted molar refractivity (Wildman–Crippen MR) is 71.6 cm³/mol. The molecule has 0 aliphatic rings. The molecule has 100 valence electrons. The largest absolute Gasteiger partial charge is 0.493 e. The molecule has 1 aromatic carbocycles. The van der Waals surface area contributed by atoms with Crippen LogP contribution in [0.1, 0.15) is 20.9 Å². The van der Waals surface area contributed by atoms with Gasteiger partial charge in [0.15, 0.2) is 11.5 Å². The van der Waals surface area contributed by atoms with Gasteiger partial charge < -0.3 is 14.6 Å². The Bertz CT molecular complexity index is 621. The minimum Gasteiger partial charge on any atom is -0.493 e. The van der Waals surface area contributed by atoms with Crippen molar-refractivity contribution >= 4 is 17.3 Å². The second-order valence-corrected chi connectivity index (χ2v) is 4.92. The predicted octanol–water partition coefficient (Wildman–Crippen LogP) is 3.26. The number of methoxy groups -OCH3 is 1. The van der Waals surface area contributed by atoms with Crippen LogP contribution in [0.25, 0.3) is 0 Å². The SMILES string of the molecule is COc1cc(C)ccc1Oc1nc(C)c(C(=O)O)s1. The molecule has 5 nitrogen and oxygen atoms in total. The molecule has 0 aliphatic heterocycles. The molecule has 2 aromatic rings. The van der Waals surface area contributed by atoms with Crippen molar-refractivity contribution < 1.29 is 19.4 Å². The fourth-order valence-corrected chi connectivity index (χ4v) is 2.34. The normalized spacial score (nSPS) is 10.3. The lowest BCUT2D eigenvalue weighted by molar-refractivity contribution is 0.0701. The molecule has 0 aliphatic carbocycles. The Hall–Kier alpha value is -2.08. The van der Waals surface area contributed by atoms with E-state index < -0.39 is 5.97 Å². The average molecular weight is 279 g/mol. The van der Waals surface area contributed by atoms with E-state index in [4.69, 9.17) is 14.6 Å². The molecule has 0 unspecified atom stereocenters. The molecule has 19 heavy (non-hydrogen) atoms. The number of nitrogens with zero attached hydrogens (tertiary/aromatic N) is 1. The van der Waals surface area contributed by atoms with Gasteiger partial charge in [-0.3, -0.25) is 0 Å². The van der Waals surface area contributed by atoms with Gasteiger partial charge in [-0.25, -0.2) is 9.78 Å². The van der Waals surface area contributed by atoms with Crippen LogP contribution in [0.5, 0.6) is 16.7 Å². The Labute approximate surface area is 114 Å². The highest BCUT2D eigenvalue weighted by atomic mass is 32.1. The van der Waals surface area contributed by atoms with E-state index in [9.17, 15) is 4.79 Å². The molecule has 1 aromatic heterocycles. The Balaban J connectivity index is 2.31. The van der Waals surface area contributed by atoms with E-state index in [2.05, 4.69) is 4.98 Å². The minimum absolute atomic E-state index is 0.182. The van der Waals surface area contributed by atoms with Crippen LogP contribution in [0.2, 0.25) is 0 Å². The zero-order chi connectivity index (χ0) is 14.0. The molecule has 0 bridgehead atoms. The van der Waals surface area contributed by atoms with E-state index in [0.717, 1.165) is 16.9 Å². The monoisotopic (exact) mass is 279 g/mol. The van der Waals surface area contributed by atoms with Crippen LogP contribution in [-0.4, -0.2) is 23.2 Å². The van der Waals surface area contributed by atoms with Crippen molar-refractivity contribution in [1.29, 1.82) is 0 Å². The van der Waals surface area contributed by atoms with Crippen LogP contribution >= 0.6 is 11.3 Å². The molecule has 6 heteroatoms. The summed E-state index contributed by atoms with van der Waals surface area (Å²) in [7, 11) is 1.55. The fraction of sp³-hybridized carbons (Fsp3) is 0.231. The highest BCUT2D eigenvalue weighted by molar-refractivity contribution is 7.15. The van der Waals surface area contributed by atoms with Gasteiger partial charge in [-0.15, -0.1) is 0 Å². The molecule has 1 heterocycles. The van der Waals surface area contributed by atoms with Gasteiger partial charge in [0.1, 0.15) is 4.88 Å². The zero-order valence-corrected chi connectivity index (χ0v) is 11.6. The summed E-state index contributed by atoms with van der Waals surface area (Å²) in [6, 6.07) is 5.50. The summed E-state index contributed by atoms with van der Waals surface area (Å²) in [6.45, 7) is 3.58. The van der Waals surface area contributed by atoms with Gasteiger partial charge in [0.2, 0.25) is 0 Å². The summed E-state index contributed by atoms with van der Waals surface area (Å²) in [4.78, 5) is 15.2. The average Bonchev–Trinajstić information content (AvgIpc) is 2.72. The maximum absolute atomic E-state index is 10.9. The first kappa shape index (κ1) is 13.4. The molecular weight excluding hydrogens is 266 g/mol. The van der Waals surface area contributed by atoms with E-state index in [1.807, 2.05) is 19.1 Å². The second-order valence-electron chi connectivity index (χ2n) is 3.96. The molecule has 1 N–H and O–H groups in total. The number of carboxylic acids is 1. The van der Waals surface area contributed by atoms with Crippen LogP contribution in [-0.2, 0) is 0 Å². The summed E-state index contributed by atoms with van der Waals surface area (Å²) in [5.41, 5.74) is 1.49. The Morgan fingerprint density at radius 3 is 2.63 bits per heavy atom. The third-order valence-electron chi connectivity index (χ3n) is 2.49. The van der Waals surface area contributed by atoms with E-state index in [0.29, 0.717) is 17.2 Å². The number of thiazole rings is 1. The van der Waals surface area contributed by atoms with E-state index in [-0.39, 0.29) is 10.1 Å². The van der Waals surface area contributed by atoms with Crippen LogP contribution in [0.4, 0.5) is 0 Å².